The van der Waals surface area contributed by atoms with Crippen LogP contribution in [0.1, 0.15) is 0 Å². The van der Waals surface area contributed by atoms with Crippen LogP contribution in [-0.4, -0.2) is 37.9 Å². The van der Waals surface area contributed by atoms with E-state index in [1.165, 1.54) is 0 Å². The van der Waals surface area contributed by atoms with Crippen LogP contribution in [0.2, 0.25) is 0 Å². The summed E-state index contributed by atoms with van der Waals surface area (Å²) >= 11 is 0. The van der Waals surface area contributed by atoms with E-state index in [1.54, 1.807) is 0 Å². The summed E-state index contributed by atoms with van der Waals surface area (Å²) in [6.07, 6.45) is -1.27. The van der Waals surface area contributed by atoms with Crippen molar-refractivity contribution in [1.29, 1.82) is 0 Å². The molecule has 0 amide bonds. The summed E-state index contributed by atoms with van der Waals surface area (Å²) < 4.78 is 50.6. The van der Waals surface area contributed by atoms with Crippen LogP contribution in [0.3, 0.4) is 0 Å². The van der Waals surface area contributed by atoms with Crippen LogP contribution in [0, 0.1) is 11.6 Å². The molecule has 0 aliphatic carbocycles. The van der Waals surface area contributed by atoms with Gasteiger partial charge in [0.25, 0.3) is 0 Å². The van der Waals surface area contributed by atoms with Crippen LogP contribution in [0.4, 0.5) is 8.78 Å². The summed E-state index contributed by atoms with van der Waals surface area (Å²) in [5.41, 5.74) is 0. The van der Waals surface area contributed by atoms with Crippen LogP contribution in [0.5, 0.6) is 0 Å². The van der Waals surface area contributed by atoms with Crippen LogP contribution in [-0.2, 0) is 10.0 Å². The normalized spacial score (nSPS) is 13.6. The van der Waals surface area contributed by atoms with E-state index in [1.807, 2.05) is 4.72 Å². The van der Waals surface area contributed by atoms with E-state index in [2.05, 4.69) is 0 Å². The third-order valence-corrected chi connectivity index (χ3v) is 3.27. The molecule has 0 saturated carbocycles. The number of hydrogen-bond acceptors (Lipinski definition) is 4. The molecule has 0 aliphatic heterocycles. The van der Waals surface area contributed by atoms with Crippen molar-refractivity contribution < 1.29 is 27.4 Å². The molecule has 0 aromatic heterocycles. The molecule has 96 valence electrons. The molecule has 1 aromatic carbocycles. The molecule has 1 aromatic rings. The summed E-state index contributed by atoms with van der Waals surface area (Å²) in [4.78, 5) is -0.583. The topological polar surface area (TPSA) is 86.6 Å². The Labute approximate surface area is 96.8 Å². The standard InChI is InChI=1S/C9H11F2NO4S/c10-6-1-7(11)3-9(2-6)17(15,16)12-4-8(14)5-13/h1-3,8,12-14H,4-5H2. The fraction of sp³-hybridized carbons (Fsp3) is 0.333. The number of nitrogens with one attached hydrogen (secondary N) is 1. The maximum absolute atomic E-state index is 12.8. The summed E-state index contributed by atoms with van der Waals surface area (Å²) in [6.45, 7) is -1.07. The number of hydrogen-bond donors (Lipinski definition) is 3. The highest BCUT2D eigenvalue weighted by atomic mass is 32.2. The van der Waals surface area contributed by atoms with E-state index in [0.717, 1.165) is 0 Å². The molecule has 0 saturated heterocycles. The van der Waals surface area contributed by atoms with Crippen LogP contribution in [0.15, 0.2) is 23.1 Å². The Morgan fingerprint density at radius 2 is 1.76 bits per heavy atom. The minimum atomic E-state index is -4.11. The van der Waals surface area contributed by atoms with Gasteiger partial charge < -0.3 is 10.2 Å². The molecule has 0 fully saturated rings. The van der Waals surface area contributed by atoms with E-state index < -0.39 is 45.8 Å². The molecular weight excluding hydrogens is 256 g/mol. The lowest BCUT2D eigenvalue weighted by Crippen LogP contribution is -2.34. The quantitative estimate of drug-likeness (QED) is 0.677. The average molecular weight is 267 g/mol. The van der Waals surface area contributed by atoms with Crippen molar-refractivity contribution in [1.82, 2.24) is 4.72 Å². The van der Waals surface area contributed by atoms with Gasteiger partial charge in [-0.2, -0.15) is 0 Å². The molecule has 0 heterocycles. The monoisotopic (exact) mass is 267 g/mol. The molecule has 8 heteroatoms. The average Bonchev–Trinajstić information content (AvgIpc) is 2.24. The number of aliphatic hydroxyl groups excluding tert-OH is 2. The SMILES string of the molecule is O=S(=O)(NCC(O)CO)c1cc(F)cc(F)c1. The van der Waals surface area contributed by atoms with Gasteiger partial charge in [0.2, 0.25) is 10.0 Å². The summed E-state index contributed by atoms with van der Waals surface area (Å²) in [5, 5.41) is 17.4. The highest BCUT2D eigenvalue weighted by molar-refractivity contribution is 7.89. The van der Waals surface area contributed by atoms with Crippen molar-refractivity contribution in [2.75, 3.05) is 13.2 Å². The lowest BCUT2D eigenvalue weighted by molar-refractivity contribution is 0.0988. The maximum atomic E-state index is 12.8. The molecule has 0 spiro atoms. The first kappa shape index (κ1) is 14.0. The second-order valence-corrected chi connectivity index (χ2v) is 5.06. The van der Waals surface area contributed by atoms with Crippen molar-refractivity contribution in [3.8, 4) is 0 Å². The van der Waals surface area contributed by atoms with Crippen LogP contribution in [0.25, 0.3) is 0 Å². The lowest BCUT2D eigenvalue weighted by Gasteiger charge is -2.09. The van der Waals surface area contributed by atoms with E-state index in [9.17, 15) is 17.2 Å². The number of sulfonamides is 1. The Morgan fingerprint density at radius 3 is 2.24 bits per heavy atom. The van der Waals surface area contributed by atoms with E-state index in [-0.39, 0.29) is 0 Å². The van der Waals surface area contributed by atoms with Gasteiger partial charge in [-0.1, -0.05) is 0 Å². The van der Waals surface area contributed by atoms with Crippen LogP contribution >= 0.6 is 0 Å². The lowest BCUT2D eigenvalue weighted by atomic mass is 10.3. The van der Waals surface area contributed by atoms with Gasteiger partial charge in [-0.05, 0) is 12.1 Å². The summed E-state index contributed by atoms with van der Waals surface area (Å²) in [5.74, 6) is -2.04. The predicted molar refractivity (Wildman–Crippen MR) is 54.6 cm³/mol. The number of halogens is 2. The molecule has 0 aliphatic rings. The van der Waals surface area contributed by atoms with E-state index in [0.29, 0.717) is 18.2 Å². The smallest absolute Gasteiger partial charge is 0.240 e. The van der Waals surface area contributed by atoms with Gasteiger partial charge in [0.15, 0.2) is 0 Å². The Kier molecular flexibility index (Phi) is 4.52. The molecule has 17 heavy (non-hydrogen) atoms. The Balaban J connectivity index is 2.89. The third kappa shape index (κ3) is 4.00. The molecule has 0 radical (unpaired) electrons. The minimum absolute atomic E-state index is 0.447. The zero-order valence-corrected chi connectivity index (χ0v) is 9.42. The molecule has 1 atom stereocenters. The molecule has 1 unspecified atom stereocenters. The highest BCUT2D eigenvalue weighted by Crippen LogP contribution is 2.13. The Bertz CT molecular complexity index is 472. The second kappa shape index (κ2) is 5.50. The molecule has 1 rings (SSSR count). The van der Waals surface area contributed by atoms with Gasteiger partial charge in [0, 0.05) is 12.6 Å². The van der Waals surface area contributed by atoms with E-state index in [4.69, 9.17) is 10.2 Å². The third-order valence-electron chi connectivity index (χ3n) is 1.87. The maximum Gasteiger partial charge on any atom is 0.240 e. The van der Waals surface area contributed by atoms with Gasteiger partial charge in [-0.3, -0.25) is 0 Å². The zero-order chi connectivity index (χ0) is 13.1. The highest BCUT2D eigenvalue weighted by Gasteiger charge is 2.17. The van der Waals surface area contributed by atoms with Gasteiger partial charge in [0.1, 0.15) is 11.6 Å². The van der Waals surface area contributed by atoms with Crippen LogP contribution < -0.4 is 4.72 Å². The number of rotatable bonds is 5. The molecular formula is C9H11F2NO4S. The fourth-order valence-corrected chi connectivity index (χ4v) is 2.15. The van der Waals surface area contributed by atoms with E-state index >= 15 is 0 Å². The minimum Gasteiger partial charge on any atom is -0.394 e. The number of aliphatic hydroxyl groups is 2. The predicted octanol–water partition coefficient (Wildman–Crippen LogP) is -0.404. The number of benzene rings is 1. The zero-order valence-electron chi connectivity index (χ0n) is 8.60. The molecule has 5 nitrogen and oxygen atoms in total. The fourth-order valence-electron chi connectivity index (χ4n) is 1.04. The van der Waals surface area contributed by atoms with Gasteiger partial charge >= 0.3 is 0 Å². The molecule has 0 bridgehead atoms. The first-order chi connectivity index (χ1) is 7.85. The van der Waals surface area contributed by atoms with Crippen molar-refractivity contribution in [3.63, 3.8) is 0 Å². The second-order valence-electron chi connectivity index (χ2n) is 3.29. The van der Waals surface area contributed by atoms with Crippen molar-refractivity contribution in [2.45, 2.75) is 11.0 Å². The first-order valence-corrected chi connectivity index (χ1v) is 6.08. The van der Waals surface area contributed by atoms with Crippen molar-refractivity contribution in [3.05, 3.63) is 29.8 Å². The summed E-state index contributed by atoms with van der Waals surface area (Å²) in [6, 6.07) is 1.84. The van der Waals surface area contributed by atoms with Gasteiger partial charge in [-0.15, -0.1) is 0 Å². The van der Waals surface area contributed by atoms with Crippen molar-refractivity contribution >= 4 is 10.0 Å². The Morgan fingerprint density at radius 1 is 1.24 bits per heavy atom. The molecule has 3 N–H and O–H groups in total. The van der Waals surface area contributed by atoms with Crippen molar-refractivity contribution in [2.24, 2.45) is 0 Å². The van der Waals surface area contributed by atoms with Gasteiger partial charge in [-0.25, -0.2) is 21.9 Å². The first-order valence-electron chi connectivity index (χ1n) is 4.60. The Hall–Kier alpha value is -1.09. The largest absolute Gasteiger partial charge is 0.394 e. The summed E-state index contributed by atoms with van der Waals surface area (Å²) in [7, 11) is -4.11. The van der Waals surface area contributed by atoms with Gasteiger partial charge in [0.05, 0.1) is 17.6 Å².